The molecule has 0 saturated heterocycles. The highest BCUT2D eigenvalue weighted by molar-refractivity contribution is 5.39. The predicted molar refractivity (Wildman–Crippen MR) is 87.5 cm³/mol. The largest absolute Gasteiger partial charge is 0.383 e. The molecule has 0 aliphatic heterocycles. The Morgan fingerprint density at radius 2 is 1.80 bits per heavy atom. The molecule has 0 aliphatic rings. The van der Waals surface area contributed by atoms with Gasteiger partial charge in [-0.25, -0.2) is 0 Å². The van der Waals surface area contributed by atoms with Gasteiger partial charge in [0.25, 0.3) is 0 Å². The number of benzene rings is 1. The van der Waals surface area contributed by atoms with Crippen LogP contribution in [0.2, 0.25) is 0 Å². The summed E-state index contributed by atoms with van der Waals surface area (Å²) < 4.78 is 5.01. The van der Waals surface area contributed by atoms with E-state index in [-0.39, 0.29) is 0 Å². The van der Waals surface area contributed by atoms with Crippen molar-refractivity contribution in [2.75, 3.05) is 26.8 Å². The zero-order valence-electron chi connectivity index (χ0n) is 13.7. The third-order valence-electron chi connectivity index (χ3n) is 3.59. The van der Waals surface area contributed by atoms with E-state index in [4.69, 9.17) is 4.74 Å². The zero-order valence-corrected chi connectivity index (χ0v) is 13.7. The van der Waals surface area contributed by atoms with Gasteiger partial charge >= 0.3 is 0 Å². The summed E-state index contributed by atoms with van der Waals surface area (Å²) in [5.41, 5.74) is 7.11. The van der Waals surface area contributed by atoms with Crippen LogP contribution >= 0.6 is 0 Å². The molecule has 0 bridgehead atoms. The summed E-state index contributed by atoms with van der Waals surface area (Å²) >= 11 is 0. The highest BCUT2D eigenvalue weighted by atomic mass is 16.5. The first-order chi connectivity index (χ1) is 9.54. The Balaban J connectivity index is 2.47. The van der Waals surface area contributed by atoms with E-state index in [1.807, 2.05) is 0 Å². The van der Waals surface area contributed by atoms with Gasteiger partial charge in [0.1, 0.15) is 0 Å². The Bertz CT molecular complexity index is 426. The van der Waals surface area contributed by atoms with Crippen molar-refractivity contribution in [3.63, 3.8) is 0 Å². The van der Waals surface area contributed by atoms with Crippen LogP contribution in [-0.4, -0.2) is 26.8 Å². The standard InChI is InChI=1S/C18H29NO/c1-14(7-6-8-19-9-10-20-5)13-18-16(3)11-15(2)12-17(18)4/h7,11-12,19H,6,8-10,13H2,1-5H3. The van der Waals surface area contributed by atoms with E-state index in [0.29, 0.717) is 0 Å². The van der Waals surface area contributed by atoms with Gasteiger partial charge in [-0.15, -0.1) is 0 Å². The third-order valence-corrected chi connectivity index (χ3v) is 3.59. The van der Waals surface area contributed by atoms with Gasteiger partial charge in [0.2, 0.25) is 0 Å². The van der Waals surface area contributed by atoms with Gasteiger partial charge in [-0.1, -0.05) is 29.3 Å². The molecule has 1 aromatic carbocycles. The Morgan fingerprint density at radius 1 is 1.15 bits per heavy atom. The first kappa shape index (κ1) is 16.9. The van der Waals surface area contributed by atoms with E-state index in [1.54, 1.807) is 7.11 Å². The Labute approximate surface area is 124 Å². The minimum atomic E-state index is 0.782. The fraction of sp³-hybridized carbons (Fsp3) is 0.556. The van der Waals surface area contributed by atoms with Crippen LogP contribution in [0.25, 0.3) is 0 Å². The number of ether oxygens (including phenoxy) is 1. The van der Waals surface area contributed by atoms with Crippen molar-refractivity contribution in [1.29, 1.82) is 0 Å². The average molecular weight is 275 g/mol. The maximum absolute atomic E-state index is 5.01. The lowest BCUT2D eigenvalue weighted by Crippen LogP contribution is -2.19. The van der Waals surface area contributed by atoms with Gasteiger partial charge in [-0.3, -0.25) is 0 Å². The molecule has 0 unspecified atom stereocenters. The van der Waals surface area contributed by atoms with Gasteiger partial charge in [0.05, 0.1) is 6.61 Å². The van der Waals surface area contributed by atoms with Crippen LogP contribution in [0.4, 0.5) is 0 Å². The summed E-state index contributed by atoms with van der Waals surface area (Å²) in [6, 6.07) is 4.56. The Hall–Kier alpha value is -1.12. The molecule has 0 radical (unpaired) electrons. The van der Waals surface area contributed by atoms with E-state index in [0.717, 1.165) is 32.5 Å². The molecule has 112 valence electrons. The summed E-state index contributed by atoms with van der Waals surface area (Å²) in [4.78, 5) is 0. The van der Waals surface area contributed by atoms with Gasteiger partial charge in [-0.2, -0.15) is 0 Å². The van der Waals surface area contributed by atoms with Crippen molar-refractivity contribution in [1.82, 2.24) is 5.32 Å². The van der Waals surface area contributed by atoms with Gasteiger partial charge in [0.15, 0.2) is 0 Å². The average Bonchev–Trinajstić information content (AvgIpc) is 2.38. The van der Waals surface area contributed by atoms with Crippen LogP contribution in [0.5, 0.6) is 0 Å². The van der Waals surface area contributed by atoms with Crippen LogP contribution in [0.15, 0.2) is 23.8 Å². The molecule has 1 rings (SSSR count). The van der Waals surface area contributed by atoms with Crippen LogP contribution in [0.1, 0.15) is 35.6 Å². The first-order valence-corrected chi connectivity index (χ1v) is 7.46. The lowest BCUT2D eigenvalue weighted by molar-refractivity contribution is 0.199. The smallest absolute Gasteiger partial charge is 0.0587 e. The molecule has 2 heteroatoms. The highest BCUT2D eigenvalue weighted by Crippen LogP contribution is 2.19. The second-order valence-electron chi connectivity index (χ2n) is 5.64. The van der Waals surface area contributed by atoms with Crippen molar-refractivity contribution in [3.8, 4) is 0 Å². The molecule has 0 aromatic heterocycles. The molecule has 0 spiro atoms. The second kappa shape index (κ2) is 8.93. The quantitative estimate of drug-likeness (QED) is 0.576. The summed E-state index contributed by atoms with van der Waals surface area (Å²) in [5.74, 6) is 0. The molecule has 0 atom stereocenters. The maximum atomic E-state index is 5.01. The Morgan fingerprint density at radius 3 is 2.40 bits per heavy atom. The lowest BCUT2D eigenvalue weighted by atomic mass is 9.94. The fourth-order valence-corrected chi connectivity index (χ4v) is 2.56. The van der Waals surface area contributed by atoms with Crippen molar-refractivity contribution >= 4 is 0 Å². The molecular weight excluding hydrogens is 246 g/mol. The van der Waals surface area contributed by atoms with E-state index in [9.17, 15) is 0 Å². The molecule has 0 heterocycles. The molecule has 2 nitrogen and oxygen atoms in total. The van der Waals surface area contributed by atoms with Gasteiger partial charge in [0, 0.05) is 13.7 Å². The number of rotatable bonds is 8. The second-order valence-corrected chi connectivity index (χ2v) is 5.64. The van der Waals surface area contributed by atoms with Crippen molar-refractivity contribution in [2.24, 2.45) is 0 Å². The first-order valence-electron chi connectivity index (χ1n) is 7.46. The minimum Gasteiger partial charge on any atom is -0.383 e. The van der Waals surface area contributed by atoms with Crippen molar-refractivity contribution in [3.05, 3.63) is 46.0 Å². The number of hydrogen-bond acceptors (Lipinski definition) is 2. The molecular formula is C18H29NO. The highest BCUT2D eigenvalue weighted by Gasteiger charge is 2.04. The van der Waals surface area contributed by atoms with E-state index in [2.05, 4.69) is 51.2 Å². The predicted octanol–water partition coefficient (Wildman–Crippen LogP) is 3.73. The molecule has 1 aromatic rings. The fourth-order valence-electron chi connectivity index (χ4n) is 2.56. The monoisotopic (exact) mass is 275 g/mol. The van der Waals surface area contributed by atoms with Crippen molar-refractivity contribution in [2.45, 2.75) is 40.5 Å². The van der Waals surface area contributed by atoms with Crippen LogP contribution in [-0.2, 0) is 11.2 Å². The van der Waals surface area contributed by atoms with Gasteiger partial charge in [-0.05, 0) is 63.8 Å². The third kappa shape index (κ3) is 5.89. The van der Waals surface area contributed by atoms with E-state index >= 15 is 0 Å². The summed E-state index contributed by atoms with van der Waals surface area (Å²) in [7, 11) is 1.73. The minimum absolute atomic E-state index is 0.782. The van der Waals surface area contributed by atoms with Crippen LogP contribution in [0, 0.1) is 20.8 Å². The van der Waals surface area contributed by atoms with Crippen LogP contribution in [0.3, 0.4) is 0 Å². The molecule has 0 fully saturated rings. The molecule has 0 aliphatic carbocycles. The normalized spacial score (nSPS) is 11.9. The number of allylic oxidation sites excluding steroid dienone is 1. The molecule has 20 heavy (non-hydrogen) atoms. The zero-order chi connectivity index (χ0) is 15.0. The molecule has 0 saturated carbocycles. The van der Waals surface area contributed by atoms with Crippen LogP contribution < -0.4 is 5.32 Å². The maximum Gasteiger partial charge on any atom is 0.0587 e. The van der Waals surface area contributed by atoms with Gasteiger partial charge < -0.3 is 10.1 Å². The topological polar surface area (TPSA) is 21.3 Å². The van der Waals surface area contributed by atoms with Crippen molar-refractivity contribution < 1.29 is 4.74 Å². The SMILES string of the molecule is COCCNCCC=C(C)Cc1c(C)cc(C)cc1C. The summed E-state index contributed by atoms with van der Waals surface area (Å²) in [6.07, 6.45) is 4.49. The van der Waals surface area contributed by atoms with E-state index < -0.39 is 0 Å². The Kier molecular flexibility index (Phi) is 7.56. The van der Waals surface area contributed by atoms with E-state index in [1.165, 1.54) is 27.8 Å². The molecule has 1 N–H and O–H groups in total. The number of nitrogens with one attached hydrogen (secondary N) is 1. The number of aryl methyl sites for hydroxylation is 3. The summed E-state index contributed by atoms with van der Waals surface area (Å²) in [5, 5.41) is 3.37. The number of methoxy groups -OCH3 is 1. The number of hydrogen-bond donors (Lipinski definition) is 1. The molecule has 0 amide bonds. The lowest BCUT2D eigenvalue weighted by Gasteiger charge is -2.12. The summed E-state index contributed by atoms with van der Waals surface area (Å²) in [6.45, 7) is 11.6.